The lowest BCUT2D eigenvalue weighted by atomic mass is 9.49. The number of esters is 2. The topological polar surface area (TPSA) is 81.7 Å². The smallest absolute Gasteiger partial charge is 0.339 e. The zero-order chi connectivity index (χ0) is 20.6. The maximum absolute atomic E-state index is 12.8. The summed E-state index contributed by atoms with van der Waals surface area (Å²) in [5.74, 6) is 0.686. The molecule has 156 valence electrons. The van der Waals surface area contributed by atoms with Crippen molar-refractivity contribution in [2.24, 2.45) is 23.2 Å². The monoisotopic (exact) mass is 419 g/mol. The SMILES string of the molecule is CCOC(=O)c1cc(NC(=O)COC(=O)C23CC4CC(CC(C4)C2)C3)ccc1Cl. The van der Waals surface area contributed by atoms with Crippen molar-refractivity contribution in [2.75, 3.05) is 18.5 Å². The zero-order valence-electron chi connectivity index (χ0n) is 16.5. The van der Waals surface area contributed by atoms with Crippen LogP contribution in [-0.2, 0) is 19.1 Å². The third kappa shape index (κ3) is 4.13. The van der Waals surface area contributed by atoms with E-state index in [2.05, 4.69) is 5.32 Å². The second-order valence-corrected chi connectivity index (χ2v) is 9.14. The van der Waals surface area contributed by atoms with E-state index in [4.69, 9.17) is 21.1 Å². The van der Waals surface area contributed by atoms with Crippen LogP contribution in [0.5, 0.6) is 0 Å². The highest BCUT2D eigenvalue weighted by Gasteiger charge is 2.55. The number of hydrogen-bond acceptors (Lipinski definition) is 5. The Balaban J connectivity index is 1.34. The lowest BCUT2D eigenvalue weighted by molar-refractivity contribution is -0.172. The number of carbonyl (C=O) groups is 3. The lowest BCUT2D eigenvalue weighted by Gasteiger charge is -2.55. The molecule has 0 heterocycles. The van der Waals surface area contributed by atoms with Crippen LogP contribution in [0.4, 0.5) is 5.69 Å². The first-order valence-electron chi connectivity index (χ1n) is 10.3. The fourth-order valence-corrected chi connectivity index (χ4v) is 6.00. The second kappa shape index (κ2) is 7.98. The molecule has 0 aromatic heterocycles. The van der Waals surface area contributed by atoms with Gasteiger partial charge in [0.15, 0.2) is 6.61 Å². The van der Waals surface area contributed by atoms with Crippen molar-refractivity contribution in [3.05, 3.63) is 28.8 Å². The molecule has 0 unspecified atom stereocenters. The minimum atomic E-state index is -0.554. The van der Waals surface area contributed by atoms with E-state index in [0.717, 1.165) is 19.3 Å². The summed E-state index contributed by atoms with van der Waals surface area (Å²) in [6.07, 6.45) is 6.43. The molecule has 0 spiro atoms. The molecule has 0 radical (unpaired) electrons. The molecular formula is C22H26ClNO5. The minimum Gasteiger partial charge on any atom is -0.462 e. The molecule has 5 rings (SSSR count). The van der Waals surface area contributed by atoms with Gasteiger partial charge < -0.3 is 14.8 Å². The van der Waals surface area contributed by atoms with Gasteiger partial charge in [-0.1, -0.05) is 11.6 Å². The van der Waals surface area contributed by atoms with Crippen LogP contribution in [0.25, 0.3) is 0 Å². The standard InChI is InChI=1S/C22H26ClNO5/c1-2-28-20(26)17-8-16(3-4-18(17)23)24-19(25)12-29-21(27)22-9-13-5-14(10-22)7-15(6-13)11-22/h3-4,8,13-15H,2,5-7,9-12H2,1H3,(H,24,25). The molecule has 7 heteroatoms. The number of benzene rings is 1. The predicted octanol–water partition coefficient (Wildman–Crippen LogP) is 4.21. The summed E-state index contributed by atoms with van der Waals surface area (Å²) in [5.41, 5.74) is 0.192. The predicted molar refractivity (Wildman–Crippen MR) is 108 cm³/mol. The molecular weight excluding hydrogens is 394 g/mol. The Bertz CT molecular complexity index is 801. The normalized spacial score (nSPS) is 29.4. The molecule has 1 N–H and O–H groups in total. The van der Waals surface area contributed by atoms with Crippen molar-refractivity contribution < 1.29 is 23.9 Å². The molecule has 0 saturated heterocycles. The van der Waals surface area contributed by atoms with Crippen LogP contribution < -0.4 is 5.32 Å². The molecule has 1 aromatic rings. The second-order valence-electron chi connectivity index (χ2n) is 8.74. The molecule has 1 amide bonds. The number of nitrogens with one attached hydrogen (secondary N) is 1. The largest absolute Gasteiger partial charge is 0.462 e. The van der Waals surface area contributed by atoms with Gasteiger partial charge in [0.25, 0.3) is 5.91 Å². The Morgan fingerprint density at radius 3 is 2.28 bits per heavy atom. The third-order valence-electron chi connectivity index (χ3n) is 6.55. The van der Waals surface area contributed by atoms with Crippen LogP contribution in [0, 0.1) is 23.2 Å². The van der Waals surface area contributed by atoms with Gasteiger partial charge in [-0.3, -0.25) is 9.59 Å². The van der Waals surface area contributed by atoms with E-state index in [1.54, 1.807) is 13.0 Å². The minimum absolute atomic E-state index is 0.178. The van der Waals surface area contributed by atoms with Gasteiger partial charge in [-0.05, 0) is 81.4 Å². The summed E-state index contributed by atoms with van der Waals surface area (Å²) < 4.78 is 10.4. The number of rotatable bonds is 6. The first kappa shape index (κ1) is 20.2. The highest BCUT2D eigenvalue weighted by Crippen LogP contribution is 2.60. The number of carbonyl (C=O) groups excluding carboxylic acids is 3. The molecule has 4 fully saturated rings. The van der Waals surface area contributed by atoms with Crippen LogP contribution in [-0.4, -0.2) is 31.1 Å². The number of amides is 1. The van der Waals surface area contributed by atoms with Gasteiger partial charge in [-0.25, -0.2) is 4.79 Å². The molecule has 4 aliphatic carbocycles. The molecule has 0 atom stereocenters. The average Bonchev–Trinajstić information content (AvgIpc) is 2.66. The van der Waals surface area contributed by atoms with Gasteiger partial charge in [-0.15, -0.1) is 0 Å². The van der Waals surface area contributed by atoms with E-state index in [1.807, 2.05) is 0 Å². The van der Waals surface area contributed by atoms with E-state index in [1.165, 1.54) is 31.4 Å². The van der Waals surface area contributed by atoms with Gasteiger partial charge in [0.1, 0.15) is 0 Å². The van der Waals surface area contributed by atoms with Crippen LogP contribution >= 0.6 is 11.6 Å². The fraction of sp³-hybridized carbons (Fsp3) is 0.591. The molecule has 29 heavy (non-hydrogen) atoms. The van der Waals surface area contributed by atoms with Gasteiger partial charge >= 0.3 is 11.9 Å². The maximum atomic E-state index is 12.8. The Morgan fingerprint density at radius 2 is 1.69 bits per heavy atom. The Labute approximate surface area is 175 Å². The number of ether oxygens (including phenoxy) is 2. The zero-order valence-corrected chi connectivity index (χ0v) is 17.3. The lowest BCUT2D eigenvalue weighted by Crippen LogP contribution is -2.50. The van der Waals surface area contributed by atoms with E-state index in [9.17, 15) is 14.4 Å². The van der Waals surface area contributed by atoms with E-state index >= 15 is 0 Å². The quantitative estimate of drug-likeness (QED) is 0.698. The summed E-state index contributed by atoms with van der Waals surface area (Å²) in [4.78, 5) is 37.1. The van der Waals surface area contributed by atoms with Crippen LogP contribution in [0.2, 0.25) is 5.02 Å². The average molecular weight is 420 g/mol. The van der Waals surface area contributed by atoms with Crippen LogP contribution in [0.15, 0.2) is 18.2 Å². The van der Waals surface area contributed by atoms with Crippen LogP contribution in [0.1, 0.15) is 55.8 Å². The summed E-state index contributed by atoms with van der Waals surface area (Å²) in [6, 6.07) is 4.56. The Morgan fingerprint density at radius 1 is 1.07 bits per heavy atom. The van der Waals surface area contributed by atoms with Crippen molar-refractivity contribution >= 4 is 35.1 Å². The van der Waals surface area contributed by atoms with E-state index in [0.29, 0.717) is 23.4 Å². The van der Waals surface area contributed by atoms with Crippen LogP contribution in [0.3, 0.4) is 0 Å². The number of hydrogen-bond donors (Lipinski definition) is 1. The van der Waals surface area contributed by atoms with E-state index < -0.39 is 11.9 Å². The highest BCUT2D eigenvalue weighted by molar-refractivity contribution is 6.33. The highest BCUT2D eigenvalue weighted by atomic mass is 35.5. The van der Waals surface area contributed by atoms with Gasteiger partial charge in [0.2, 0.25) is 0 Å². The molecule has 4 aliphatic rings. The van der Waals surface area contributed by atoms with Crippen molar-refractivity contribution in [2.45, 2.75) is 45.4 Å². The summed E-state index contributed by atoms with van der Waals surface area (Å²) in [7, 11) is 0. The van der Waals surface area contributed by atoms with Crippen molar-refractivity contribution in [3.8, 4) is 0 Å². The van der Waals surface area contributed by atoms with E-state index in [-0.39, 0.29) is 35.2 Å². The molecule has 0 aliphatic heterocycles. The Hall–Kier alpha value is -2.08. The summed E-state index contributed by atoms with van der Waals surface area (Å²) in [6.45, 7) is 1.60. The maximum Gasteiger partial charge on any atom is 0.339 e. The number of halogens is 1. The summed E-state index contributed by atoms with van der Waals surface area (Å²) in [5, 5.41) is 2.90. The first-order valence-corrected chi connectivity index (χ1v) is 10.7. The fourth-order valence-electron chi connectivity index (χ4n) is 5.81. The van der Waals surface area contributed by atoms with Crippen molar-refractivity contribution in [1.82, 2.24) is 0 Å². The summed E-state index contributed by atoms with van der Waals surface area (Å²) >= 11 is 6.03. The van der Waals surface area contributed by atoms with Gasteiger partial charge in [-0.2, -0.15) is 0 Å². The first-order chi connectivity index (χ1) is 13.9. The third-order valence-corrected chi connectivity index (χ3v) is 6.88. The van der Waals surface area contributed by atoms with Gasteiger partial charge in [0, 0.05) is 5.69 Å². The molecule has 4 saturated carbocycles. The molecule has 4 bridgehead atoms. The van der Waals surface area contributed by atoms with Crippen molar-refractivity contribution in [3.63, 3.8) is 0 Å². The van der Waals surface area contributed by atoms with Gasteiger partial charge in [0.05, 0.1) is 22.6 Å². The molecule has 6 nitrogen and oxygen atoms in total. The number of anilines is 1. The Kier molecular flexibility index (Phi) is 5.56. The van der Waals surface area contributed by atoms with Crippen molar-refractivity contribution in [1.29, 1.82) is 0 Å². The molecule has 1 aromatic carbocycles.